The van der Waals surface area contributed by atoms with Crippen LogP contribution in [0.15, 0.2) is 36.5 Å². The van der Waals surface area contributed by atoms with Crippen LogP contribution in [0.2, 0.25) is 0 Å². The molecule has 3 heteroatoms. The molecule has 1 aromatic heterocycles. The molecular weight excluding hydrogens is 210 g/mol. The summed E-state index contributed by atoms with van der Waals surface area (Å²) in [5.74, 6) is 6.27. The Bertz CT molecular complexity index is 488. The fourth-order valence-electron chi connectivity index (χ4n) is 2.18. The average Bonchev–Trinajstić information content (AvgIpc) is 2.35. The zero-order chi connectivity index (χ0) is 12.3. The summed E-state index contributed by atoms with van der Waals surface area (Å²) in [6.07, 6.45) is 2.87. The van der Waals surface area contributed by atoms with Gasteiger partial charge in [-0.1, -0.05) is 32.0 Å². The van der Waals surface area contributed by atoms with Gasteiger partial charge in [-0.05, 0) is 30.0 Å². The molecule has 0 amide bonds. The van der Waals surface area contributed by atoms with E-state index in [-0.39, 0.29) is 6.04 Å². The molecule has 2 rings (SSSR count). The van der Waals surface area contributed by atoms with E-state index in [2.05, 4.69) is 36.4 Å². The van der Waals surface area contributed by atoms with Crippen molar-refractivity contribution < 1.29 is 0 Å². The number of nitrogens with two attached hydrogens (primary N) is 1. The Balaban J connectivity index is 2.46. The van der Waals surface area contributed by atoms with Gasteiger partial charge in [0.15, 0.2) is 0 Å². The number of hydrogen-bond donors (Lipinski definition) is 2. The minimum absolute atomic E-state index is 0.183. The molecule has 1 heterocycles. The van der Waals surface area contributed by atoms with Crippen molar-refractivity contribution >= 4 is 10.9 Å². The van der Waals surface area contributed by atoms with Crippen LogP contribution in [-0.4, -0.2) is 4.98 Å². The molecule has 0 aliphatic heterocycles. The summed E-state index contributed by atoms with van der Waals surface area (Å²) in [5.41, 5.74) is 5.16. The largest absolute Gasteiger partial charge is 0.271 e. The Morgan fingerprint density at radius 1 is 1.24 bits per heavy atom. The standard InChI is InChI=1S/C14H19N3/c1-10(2)9-14(17-15)12-7-8-16-13-6-4-3-5-11(12)13/h3-8,10,14,17H,9,15H2,1-2H3. The maximum Gasteiger partial charge on any atom is 0.0705 e. The number of hydrogen-bond acceptors (Lipinski definition) is 3. The first-order chi connectivity index (χ1) is 8.22. The number of fused-ring (bicyclic) bond motifs is 1. The third-order valence-corrected chi connectivity index (χ3v) is 2.97. The number of nitrogens with one attached hydrogen (secondary N) is 1. The van der Waals surface area contributed by atoms with E-state index >= 15 is 0 Å². The molecule has 3 nitrogen and oxygen atoms in total. The Labute approximate surface area is 102 Å². The van der Waals surface area contributed by atoms with Gasteiger partial charge in [0.1, 0.15) is 0 Å². The summed E-state index contributed by atoms with van der Waals surface area (Å²) in [7, 11) is 0. The van der Waals surface area contributed by atoms with E-state index in [0.717, 1.165) is 11.9 Å². The molecule has 0 spiro atoms. The van der Waals surface area contributed by atoms with Gasteiger partial charge in [0.25, 0.3) is 0 Å². The fraction of sp³-hybridized carbons (Fsp3) is 0.357. The molecule has 0 fully saturated rings. The van der Waals surface area contributed by atoms with Crippen molar-refractivity contribution in [2.75, 3.05) is 0 Å². The minimum Gasteiger partial charge on any atom is -0.271 e. The van der Waals surface area contributed by atoms with Crippen molar-refractivity contribution in [2.24, 2.45) is 11.8 Å². The molecule has 0 radical (unpaired) electrons. The summed E-state index contributed by atoms with van der Waals surface area (Å²) in [6, 6.07) is 10.4. The van der Waals surface area contributed by atoms with Gasteiger partial charge in [0.2, 0.25) is 0 Å². The predicted octanol–water partition coefficient (Wildman–Crippen LogP) is 2.79. The number of aromatic nitrogens is 1. The number of nitrogens with zero attached hydrogens (tertiary/aromatic N) is 1. The van der Waals surface area contributed by atoms with Crippen LogP contribution in [0.1, 0.15) is 31.9 Å². The van der Waals surface area contributed by atoms with Gasteiger partial charge >= 0.3 is 0 Å². The molecule has 1 unspecified atom stereocenters. The monoisotopic (exact) mass is 229 g/mol. The van der Waals surface area contributed by atoms with Gasteiger partial charge in [-0.15, -0.1) is 0 Å². The lowest BCUT2D eigenvalue weighted by molar-refractivity contribution is 0.440. The smallest absolute Gasteiger partial charge is 0.0705 e. The highest BCUT2D eigenvalue weighted by molar-refractivity contribution is 5.82. The zero-order valence-electron chi connectivity index (χ0n) is 10.4. The lowest BCUT2D eigenvalue weighted by atomic mass is 9.95. The van der Waals surface area contributed by atoms with Crippen molar-refractivity contribution in [3.8, 4) is 0 Å². The van der Waals surface area contributed by atoms with Crippen molar-refractivity contribution in [3.05, 3.63) is 42.1 Å². The highest BCUT2D eigenvalue weighted by atomic mass is 15.2. The topological polar surface area (TPSA) is 50.9 Å². The Morgan fingerprint density at radius 2 is 2.00 bits per heavy atom. The number of para-hydroxylation sites is 1. The Morgan fingerprint density at radius 3 is 2.71 bits per heavy atom. The maximum absolute atomic E-state index is 5.67. The maximum atomic E-state index is 5.67. The SMILES string of the molecule is CC(C)CC(NN)c1ccnc2ccccc12. The summed E-state index contributed by atoms with van der Waals surface area (Å²) in [5, 5.41) is 1.18. The molecule has 90 valence electrons. The molecule has 1 atom stereocenters. The quantitative estimate of drug-likeness (QED) is 0.626. The van der Waals surface area contributed by atoms with Gasteiger partial charge in [0.05, 0.1) is 5.52 Å². The summed E-state index contributed by atoms with van der Waals surface area (Å²) in [6.45, 7) is 4.40. The highest BCUT2D eigenvalue weighted by Gasteiger charge is 2.14. The minimum atomic E-state index is 0.183. The molecule has 2 aromatic rings. The van der Waals surface area contributed by atoms with Gasteiger partial charge < -0.3 is 0 Å². The van der Waals surface area contributed by atoms with E-state index in [9.17, 15) is 0 Å². The van der Waals surface area contributed by atoms with E-state index in [1.807, 2.05) is 24.4 Å². The van der Waals surface area contributed by atoms with Crippen molar-refractivity contribution in [2.45, 2.75) is 26.3 Å². The first-order valence-corrected chi connectivity index (χ1v) is 6.02. The molecule has 0 aliphatic rings. The van der Waals surface area contributed by atoms with Gasteiger partial charge in [-0.25, -0.2) is 0 Å². The molecule has 0 saturated carbocycles. The van der Waals surface area contributed by atoms with Crippen LogP contribution in [-0.2, 0) is 0 Å². The summed E-state index contributed by atoms with van der Waals surface area (Å²) >= 11 is 0. The van der Waals surface area contributed by atoms with E-state index in [1.165, 1.54) is 10.9 Å². The first kappa shape index (κ1) is 12.0. The average molecular weight is 229 g/mol. The van der Waals surface area contributed by atoms with Crippen molar-refractivity contribution in [3.63, 3.8) is 0 Å². The van der Waals surface area contributed by atoms with E-state index < -0.39 is 0 Å². The molecule has 0 aliphatic carbocycles. The van der Waals surface area contributed by atoms with E-state index in [0.29, 0.717) is 5.92 Å². The van der Waals surface area contributed by atoms with Gasteiger partial charge in [0, 0.05) is 17.6 Å². The Kier molecular flexibility index (Phi) is 3.71. The normalized spacial score (nSPS) is 13.2. The van der Waals surface area contributed by atoms with Gasteiger partial charge in [-0.2, -0.15) is 0 Å². The zero-order valence-corrected chi connectivity index (χ0v) is 10.4. The summed E-state index contributed by atoms with van der Waals surface area (Å²) in [4.78, 5) is 4.37. The third-order valence-electron chi connectivity index (χ3n) is 2.97. The number of benzene rings is 1. The van der Waals surface area contributed by atoms with Crippen LogP contribution in [0.3, 0.4) is 0 Å². The molecule has 1 aromatic carbocycles. The van der Waals surface area contributed by atoms with Gasteiger partial charge in [-0.3, -0.25) is 16.3 Å². The van der Waals surface area contributed by atoms with E-state index in [1.54, 1.807) is 0 Å². The molecule has 0 bridgehead atoms. The molecule has 0 saturated heterocycles. The number of hydrazine groups is 1. The second-order valence-electron chi connectivity index (χ2n) is 4.77. The molecular formula is C14H19N3. The van der Waals surface area contributed by atoms with E-state index in [4.69, 9.17) is 5.84 Å². The second-order valence-corrected chi connectivity index (χ2v) is 4.77. The van der Waals surface area contributed by atoms with Crippen molar-refractivity contribution in [1.82, 2.24) is 10.4 Å². The van der Waals surface area contributed by atoms with Crippen LogP contribution in [0.4, 0.5) is 0 Å². The molecule has 17 heavy (non-hydrogen) atoms. The van der Waals surface area contributed by atoms with Crippen LogP contribution in [0, 0.1) is 5.92 Å². The van der Waals surface area contributed by atoms with Crippen LogP contribution in [0.25, 0.3) is 10.9 Å². The Hall–Kier alpha value is -1.45. The number of rotatable bonds is 4. The van der Waals surface area contributed by atoms with Crippen LogP contribution >= 0.6 is 0 Å². The predicted molar refractivity (Wildman–Crippen MR) is 71.3 cm³/mol. The second kappa shape index (κ2) is 5.25. The van der Waals surface area contributed by atoms with Crippen molar-refractivity contribution in [1.29, 1.82) is 0 Å². The molecule has 3 N–H and O–H groups in total. The fourth-order valence-corrected chi connectivity index (χ4v) is 2.18. The highest BCUT2D eigenvalue weighted by Crippen LogP contribution is 2.26. The third kappa shape index (κ3) is 2.62. The van der Waals surface area contributed by atoms with Crippen LogP contribution in [0.5, 0.6) is 0 Å². The summed E-state index contributed by atoms with van der Waals surface area (Å²) < 4.78 is 0. The lowest BCUT2D eigenvalue weighted by Crippen LogP contribution is -2.29. The lowest BCUT2D eigenvalue weighted by Gasteiger charge is -2.19. The number of pyridine rings is 1. The van der Waals surface area contributed by atoms with Crippen LogP contribution < -0.4 is 11.3 Å². The first-order valence-electron chi connectivity index (χ1n) is 6.02.